The van der Waals surface area contributed by atoms with E-state index in [0.29, 0.717) is 22.2 Å². The third-order valence-corrected chi connectivity index (χ3v) is 6.86. The Hall–Kier alpha value is -1.88. The quantitative estimate of drug-likeness (QED) is 0.781. The average molecular weight is 431 g/mol. The lowest BCUT2D eigenvalue weighted by Crippen LogP contribution is -2.52. The molecule has 0 unspecified atom stereocenters. The van der Waals surface area contributed by atoms with Crippen LogP contribution in [0.2, 0.25) is 10.0 Å². The van der Waals surface area contributed by atoms with Crippen LogP contribution in [0.25, 0.3) is 0 Å². The van der Waals surface area contributed by atoms with Gasteiger partial charge in [-0.3, -0.25) is 9.59 Å². The summed E-state index contributed by atoms with van der Waals surface area (Å²) in [5, 5.41) is 4.36. The van der Waals surface area contributed by atoms with Crippen LogP contribution in [0.3, 0.4) is 0 Å². The summed E-state index contributed by atoms with van der Waals surface area (Å²) in [7, 11) is 0. The maximum atomic E-state index is 13.4. The molecule has 1 amide bonds. The minimum atomic E-state index is -0.891. The molecule has 0 aromatic heterocycles. The highest BCUT2D eigenvalue weighted by Gasteiger charge is 2.40. The summed E-state index contributed by atoms with van der Waals surface area (Å²) < 4.78 is 0. The number of carbonyl (C=O) groups is 2. The summed E-state index contributed by atoms with van der Waals surface area (Å²) in [5.74, 6) is 0.0596. The third-order valence-electron chi connectivity index (χ3n) is 6.15. The number of likely N-dealkylation sites (tertiary alicyclic amines) is 1. The second-order valence-electron chi connectivity index (χ2n) is 7.93. The van der Waals surface area contributed by atoms with Gasteiger partial charge >= 0.3 is 0 Å². The maximum absolute atomic E-state index is 13.4. The summed E-state index contributed by atoms with van der Waals surface area (Å²) in [4.78, 5) is 28.4. The first-order chi connectivity index (χ1) is 13.9. The van der Waals surface area contributed by atoms with Gasteiger partial charge in [-0.1, -0.05) is 41.4 Å². The van der Waals surface area contributed by atoms with Crippen molar-refractivity contribution in [3.63, 3.8) is 0 Å². The van der Waals surface area contributed by atoms with E-state index >= 15 is 0 Å². The Balaban J connectivity index is 1.69. The summed E-state index contributed by atoms with van der Waals surface area (Å²) >= 11 is 12.6. The second-order valence-corrected chi connectivity index (χ2v) is 8.75. The molecule has 0 aliphatic carbocycles. The van der Waals surface area contributed by atoms with Crippen LogP contribution in [0.4, 0.5) is 0 Å². The molecule has 2 aromatic carbocycles. The molecule has 0 saturated carbocycles. The van der Waals surface area contributed by atoms with Crippen LogP contribution in [0.1, 0.15) is 46.8 Å². The van der Waals surface area contributed by atoms with Gasteiger partial charge in [-0.25, -0.2) is 0 Å². The molecule has 2 aliphatic rings. The SMILES string of the molecule is C[C@]1(C(=O)Cc2c(Cl)cccc2Cl)NCCc2c(C(=O)N3CCCC3)cccc21. The van der Waals surface area contributed by atoms with Crippen molar-refractivity contribution >= 4 is 34.9 Å². The highest BCUT2D eigenvalue weighted by Crippen LogP contribution is 2.35. The molecule has 2 aromatic rings. The molecule has 152 valence electrons. The van der Waals surface area contributed by atoms with Crippen molar-refractivity contribution in [2.24, 2.45) is 0 Å². The first-order valence-corrected chi connectivity index (χ1v) is 10.8. The molecular weight excluding hydrogens is 407 g/mol. The van der Waals surface area contributed by atoms with Crippen molar-refractivity contribution in [1.82, 2.24) is 10.2 Å². The molecule has 0 radical (unpaired) electrons. The number of ketones is 1. The smallest absolute Gasteiger partial charge is 0.254 e. The molecule has 4 nitrogen and oxygen atoms in total. The number of amides is 1. The minimum Gasteiger partial charge on any atom is -0.339 e. The van der Waals surface area contributed by atoms with E-state index in [1.165, 1.54) is 0 Å². The molecule has 1 saturated heterocycles. The Labute approximate surface area is 181 Å². The van der Waals surface area contributed by atoms with E-state index < -0.39 is 5.54 Å². The van der Waals surface area contributed by atoms with Gasteiger partial charge in [0, 0.05) is 41.7 Å². The Morgan fingerprint density at radius 1 is 1.07 bits per heavy atom. The second kappa shape index (κ2) is 8.10. The maximum Gasteiger partial charge on any atom is 0.254 e. The van der Waals surface area contributed by atoms with Gasteiger partial charge in [0.05, 0.1) is 0 Å². The highest BCUT2D eigenvalue weighted by molar-refractivity contribution is 6.36. The topological polar surface area (TPSA) is 49.4 Å². The van der Waals surface area contributed by atoms with Gasteiger partial charge in [-0.2, -0.15) is 0 Å². The molecule has 6 heteroatoms. The van der Waals surface area contributed by atoms with Crippen LogP contribution in [0.15, 0.2) is 36.4 Å². The zero-order chi connectivity index (χ0) is 20.6. The van der Waals surface area contributed by atoms with Crippen LogP contribution in [0, 0.1) is 0 Å². The van der Waals surface area contributed by atoms with Crippen LogP contribution in [-0.4, -0.2) is 36.2 Å². The van der Waals surface area contributed by atoms with Gasteiger partial charge in [0.15, 0.2) is 5.78 Å². The summed E-state index contributed by atoms with van der Waals surface area (Å²) in [6.45, 7) is 4.14. The zero-order valence-corrected chi connectivity index (χ0v) is 17.9. The molecule has 4 rings (SSSR count). The van der Waals surface area contributed by atoms with Crippen LogP contribution >= 0.6 is 23.2 Å². The number of Topliss-reactive ketones (excluding diaryl/α,β-unsaturated/α-hetero) is 1. The van der Waals surface area contributed by atoms with E-state index in [1.54, 1.807) is 18.2 Å². The lowest BCUT2D eigenvalue weighted by molar-refractivity contribution is -0.124. The zero-order valence-electron chi connectivity index (χ0n) is 16.4. The van der Waals surface area contributed by atoms with Crippen molar-refractivity contribution in [2.75, 3.05) is 19.6 Å². The van der Waals surface area contributed by atoms with Gasteiger partial charge in [0.1, 0.15) is 5.54 Å². The number of fused-ring (bicyclic) bond motifs is 1. The van der Waals surface area contributed by atoms with Gasteiger partial charge < -0.3 is 10.2 Å². The third kappa shape index (κ3) is 3.70. The first-order valence-electron chi connectivity index (χ1n) is 10.0. The van der Waals surface area contributed by atoms with Crippen molar-refractivity contribution < 1.29 is 9.59 Å². The van der Waals surface area contributed by atoms with Crippen LogP contribution in [-0.2, 0) is 23.2 Å². The molecule has 29 heavy (non-hydrogen) atoms. The molecule has 2 aliphatic heterocycles. The highest BCUT2D eigenvalue weighted by atomic mass is 35.5. The number of benzene rings is 2. The fourth-order valence-corrected chi connectivity index (χ4v) is 4.97. The van der Waals surface area contributed by atoms with E-state index in [1.807, 2.05) is 30.0 Å². The van der Waals surface area contributed by atoms with E-state index in [-0.39, 0.29) is 18.1 Å². The van der Waals surface area contributed by atoms with Gasteiger partial charge in [-0.05, 0) is 61.1 Å². The fourth-order valence-electron chi connectivity index (χ4n) is 4.44. The standard InChI is InChI=1S/C23H24Cl2N2O2/c1-23(21(28)14-17-19(24)8-5-9-20(17)25)18-7-4-6-16(15(18)10-11-26-23)22(29)27-12-2-3-13-27/h4-9,26H,2-3,10-14H2,1H3/t23-/m0/s1. The number of rotatable bonds is 4. The number of nitrogens with zero attached hydrogens (tertiary/aromatic N) is 1. The Kier molecular flexibility index (Phi) is 5.69. The predicted molar refractivity (Wildman–Crippen MR) is 116 cm³/mol. The molecule has 0 bridgehead atoms. The van der Waals surface area contributed by atoms with Gasteiger partial charge in [0.2, 0.25) is 0 Å². The Morgan fingerprint density at radius 2 is 1.72 bits per heavy atom. The minimum absolute atomic E-state index is 0.0146. The van der Waals surface area contributed by atoms with Crippen LogP contribution < -0.4 is 5.32 Å². The van der Waals surface area contributed by atoms with Crippen molar-refractivity contribution in [2.45, 2.75) is 38.1 Å². The molecular formula is C23H24Cl2N2O2. The fraction of sp³-hybridized carbons (Fsp3) is 0.391. The van der Waals surface area contributed by atoms with Gasteiger partial charge in [0.25, 0.3) is 5.91 Å². The van der Waals surface area contributed by atoms with E-state index in [4.69, 9.17) is 23.2 Å². The first kappa shape index (κ1) is 20.4. The molecule has 1 atom stereocenters. The van der Waals surface area contributed by atoms with Crippen molar-refractivity contribution in [3.05, 3.63) is 68.7 Å². The van der Waals surface area contributed by atoms with Gasteiger partial charge in [-0.15, -0.1) is 0 Å². The van der Waals surface area contributed by atoms with E-state index in [9.17, 15) is 9.59 Å². The Bertz CT molecular complexity index is 949. The largest absolute Gasteiger partial charge is 0.339 e. The number of hydrogen-bond acceptors (Lipinski definition) is 3. The van der Waals surface area contributed by atoms with Crippen molar-refractivity contribution in [3.8, 4) is 0 Å². The molecule has 1 fully saturated rings. The summed E-state index contributed by atoms with van der Waals surface area (Å²) in [6, 6.07) is 11.0. The van der Waals surface area contributed by atoms with Crippen molar-refractivity contribution in [1.29, 1.82) is 0 Å². The number of nitrogens with one attached hydrogen (secondary N) is 1. The lowest BCUT2D eigenvalue weighted by atomic mass is 9.77. The number of halogens is 2. The van der Waals surface area contributed by atoms with E-state index in [0.717, 1.165) is 49.0 Å². The van der Waals surface area contributed by atoms with Crippen LogP contribution in [0.5, 0.6) is 0 Å². The lowest BCUT2D eigenvalue weighted by Gasteiger charge is -2.37. The average Bonchev–Trinajstić information content (AvgIpc) is 3.25. The normalized spacial score (nSPS) is 21.1. The molecule has 1 N–H and O–H groups in total. The summed E-state index contributed by atoms with van der Waals surface area (Å²) in [6.07, 6.45) is 2.96. The number of hydrogen-bond donors (Lipinski definition) is 1. The monoisotopic (exact) mass is 430 g/mol. The summed E-state index contributed by atoms with van der Waals surface area (Å²) in [5.41, 5.74) is 2.32. The van der Waals surface area contributed by atoms with E-state index in [2.05, 4.69) is 5.32 Å². The number of carbonyl (C=O) groups excluding carboxylic acids is 2. The molecule has 0 spiro atoms. The Morgan fingerprint density at radius 3 is 2.41 bits per heavy atom. The predicted octanol–water partition coefficient (Wildman–Crippen LogP) is 4.40. The molecule has 2 heterocycles.